The Morgan fingerprint density at radius 1 is 1.30 bits per heavy atom. The fourth-order valence-corrected chi connectivity index (χ4v) is 0.647. The molecule has 1 N–H and O–H groups in total. The van der Waals surface area contributed by atoms with Gasteiger partial charge in [0.25, 0.3) is 0 Å². The number of anilines is 1. The Hall–Kier alpha value is -1.25. The summed E-state index contributed by atoms with van der Waals surface area (Å²) in [5.74, 6) is 0. The topological polar surface area (TPSA) is 29.1 Å². The lowest BCUT2D eigenvalue weighted by Gasteiger charge is -1.96. The van der Waals surface area contributed by atoms with E-state index in [9.17, 15) is 4.79 Å². The van der Waals surface area contributed by atoms with Crippen molar-refractivity contribution in [1.82, 2.24) is 0 Å². The molecule has 0 heterocycles. The minimum Gasteiger partial charge on any atom is -0.329 e. The maximum Gasteiger partial charge on any atom is 0.211 e. The van der Waals surface area contributed by atoms with E-state index in [4.69, 9.17) is 7.85 Å². The minimum absolute atomic E-state index is 0.630. The second-order valence-corrected chi connectivity index (χ2v) is 1.88. The van der Waals surface area contributed by atoms with Crippen molar-refractivity contribution < 1.29 is 4.79 Å². The lowest BCUT2D eigenvalue weighted by molar-refractivity contribution is -0.105. The number of carbonyl (C=O) groups excluding carboxylic acids is 1. The van der Waals surface area contributed by atoms with Gasteiger partial charge in [0.15, 0.2) is 0 Å². The maximum atomic E-state index is 9.92. The Morgan fingerprint density at radius 2 is 1.90 bits per heavy atom. The number of rotatable bonds is 2. The van der Waals surface area contributed by atoms with Crippen LogP contribution in [0.4, 0.5) is 5.69 Å². The molecule has 0 saturated carbocycles. The lowest BCUT2D eigenvalue weighted by atomic mass is 9.96. The van der Waals surface area contributed by atoms with Crippen LogP contribution in [0.5, 0.6) is 0 Å². The molecular formula is C7H6BNO. The highest BCUT2D eigenvalue weighted by Gasteiger charge is 1.86. The highest BCUT2D eigenvalue weighted by Crippen LogP contribution is 2.00. The van der Waals surface area contributed by atoms with E-state index in [1.165, 1.54) is 0 Å². The van der Waals surface area contributed by atoms with E-state index in [-0.39, 0.29) is 0 Å². The van der Waals surface area contributed by atoms with Crippen LogP contribution >= 0.6 is 0 Å². The zero-order valence-electron chi connectivity index (χ0n) is 5.37. The molecule has 0 aliphatic heterocycles. The van der Waals surface area contributed by atoms with E-state index in [1.807, 2.05) is 0 Å². The first kappa shape index (κ1) is 6.87. The molecule has 0 unspecified atom stereocenters. The van der Waals surface area contributed by atoms with E-state index < -0.39 is 0 Å². The largest absolute Gasteiger partial charge is 0.329 e. The third-order valence-electron chi connectivity index (χ3n) is 1.14. The van der Waals surface area contributed by atoms with Crippen molar-refractivity contribution in [3.05, 3.63) is 24.3 Å². The van der Waals surface area contributed by atoms with E-state index in [0.717, 1.165) is 5.69 Å². The molecule has 0 spiro atoms. The van der Waals surface area contributed by atoms with Crippen LogP contribution < -0.4 is 10.8 Å². The van der Waals surface area contributed by atoms with Crippen molar-refractivity contribution in [2.24, 2.45) is 0 Å². The van der Waals surface area contributed by atoms with Gasteiger partial charge >= 0.3 is 0 Å². The number of amides is 1. The van der Waals surface area contributed by atoms with Crippen LogP contribution in [-0.4, -0.2) is 14.3 Å². The summed E-state index contributed by atoms with van der Waals surface area (Å²) in [5.41, 5.74) is 1.45. The van der Waals surface area contributed by atoms with Crippen LogP contribution in [-0.2, 0) is 4.79 Å². The molecule has 1 aromatic carbocycles. The van der Waals surface area contributed by atoms with Gasteiger partial charge in [-0.15, -0.1) is 0 Å². The second kappa shape index (κ2) is 3.06. The van der Waals surface area contributed by atoms with Gasteiger partial charge < -0.3 is 5.32 Å². The number of carbonyl (C=O) groups is 1. The molecule has 0 aromatic heterocycles. The first-order valence-electron chi connectivity index (χ1n) is 2.88. The summed E-state index contributed by atoms with van der Waals surface area (Å²) in [7, 11) is 5.41. The smallest absolute Gasteiger partial charge is 0.211 e. The van der Waals surface area contributed by atoms with Gasteiger partial charge in [0.1, 0.15) is 7.85 Å². The summed E-state index contributed by atoms with van der Waals surface area (Å²) in [5, 5.41) is 2.50. The number of hydrogen-bond acceptors (Lipinski definition) is 1. The van der Waals surface area contributed by atoms with Gasteiger partial charge in [-0.05, 0) is 12.1 Å². The summed E-state index contributed by atoms with van der Waals surface area (Å²) in [6.07, 6.45) is 0.630. The maximum absolute atomic E-state index is 9.92. The molecule has 0 fully saturated rings. The lowest BCUT2D eigenvalue weighted by Crippen LogP contribution is -2.01. The van der Waals surface area contributed by atoms with Gasteiger partial charge in [-0.3, -0.25) is 4.79 Å². The Balaban J connectivity index is 2.78. The average molecular weight is 131 g/mol. The molecule has 1 amide bonds. The fraction of sp³-hybridized carbons (Fsp3) is 0. The molecule has 3 heteroatoms. The molecule has 2 radical (unpaired) electrons. The highest BCUT2D eigenvalue weighted by atomic mass is 16.1. The molecule has 0 atom stereocenters. The standard InChI is InChI=1S/C7H6BNO/c8-6-1-3-7(4-2-6)9-5-10/h1-5H,(H,9,10). The molecular weight excluding hydrogens is 125 g/mol. The molecule has 2 nitrogen and oxygen atoms in total. The van der Waals surface area contributed by atoms with Crippen molar-refractivity contribution in [3.8, 4) is 0 Å². The van der Waals surface area contributed by atoms with Crippen LogP contribution in [0.15, 0.2) is 24.3 Å². The first-order chi connectivity index (χ1) is 4.83. The Kier molecular flexibility index (Phi) is 2.10. The van der Waals surface area contributed by atoms with Gasteiger partial charge in [-0.1, -0.05) is 17.6 Å². The molecule has 0 saturated heterocycles. The van der Waals surface area contributed by atoms with Crippen LogP contribution in [0.25, 0.3) is 0 Å². The SMILES string of the molecule is [B]c1ccc(NC=O)cc1. The second-order valence-electron chi connectivity index (χ2n) is 1.88. The third-order valence-corrected chi connectivity index (χ3v) is 1.14. The quantitative estimate of drug-likeness (QED) is 0.445. The van der Waals surface area contributed by atoms with Gasteiger partial charge in [0.05, 0.1) is 0 Å². The van der Waals surface area contributed by atoms with Crippen LogP contribution in [0, 0.1) is 0 Å². The Morgan fingerprint density at radius 3 is 2.40 bits per heavy atom. The van der Waals surface area contributed by atoms with Gasteiger partial charge in [-0.2, -0.15) is 0 Å². The normalized spacial score (nSPS) is 8.80. The van der Waals surface area contributed by atoms with Crippen molar-refractivity contribution in [1.29, 1.82) is 0 Å². The molecule has 1 aromatic rings. The zero-order valence-corrected chi connectivity index (χ0v) is 5.37. The van der Waals surface area contributed by atoms with Crippen molar-refractivity contribution >= 4 is 25.4 Å². The minimum atomic E-state index is 0.630. The van der Waals surface area contributed by atoms with Crippen LogP contribution in [0.1, 0.15) is 0 Å². The van der Waals surface area contributed by atoms with Crippen LogP contribution in [0.3, 0.4) is 0 Å². The van der Waals surface area contributed by atoms with E-state index in [2.05, 4.69) is 5.32 Å². The fourth-order valence-electron chi connectivity index (χ4n) is 0.647. The molecule has 1 rings (SSSR count). The van der Waals surface area contributed by atoms with E-state index >= 15 is 0 Å². The van der Waals surface area contributed by atoms with Crippen LogP contribution in [0.2, 0.25) is 0 Å². The predicted molar refractivity (Wildman–Crippen MR) is 41.5 cm³/mol. The number of hydrogen-bond donors (Lipinski definition) is 1. The van der Waals surface area contributed by atoms with Gasteiger partial charge in [0.2, 0.25) is 6.41 Å². The Labute approximate surface area is 60.7 Å². The Bertz CT molecular complexity index is 220. The summed E-state index contributed by atoms with van der Waals surface area (Å²) >= 11 is 0. The predicted octanol–water partition coefficient (Wildman–Crippen LogP) is 0.0487. The van der Waals surface area contributed by atoms with Gasteiger partial charge in [-0.25, -0.2) is 0 Å². The summed E-state index contributed by atoms with van der Waals surface area (Å²) < 4.78 is 0. The summed E-state index contributed by atoms with van der Waals surface area (Å²) in [6, 6.07) is 6.94. The average Bonchev–Trinajstić information content (AvgIpc) is 1.95. The number of nitrogens with one attached hydrogen (secondary N) is 1. The molecule has 0 bridgehead atoms. The van der Waals surface area contributed by atoms with E-state index in [1.54, 1.807) is 24.3 Å². The molecule has 0 aliphatic carbocycles. The first-order valence-corrected chi connectivity index (χ1v) is 2.88. The summed E-state index contributed by atoms with van der Waals surface area (Å²) in [6.45, 7) is 0. The molecule has 10 heavy (non-hydrogen) atoms. The third kappa shape index (κ3) is 1.62. The van der Waals surface area contributed by atoms with E-state index in [0.29, 0.717) is 11.9 Å². The monoisotopic (exact) mass is 131 g/mol. The highest BCUT2D eigenvalue weighted by molar-refractivity contribution is 6.32. The summed E-state index contributed by atoms with van der Waals surface area (Å²) in [4.78, 5) is 9.92. The molecule has 48 valence electrons. The van der Waals surface area contributed by atoms with Crippen molar-refractivity contribution in [2.45, 2.75) is 0 Å². The number of benzene rings is 1. The molecule has 0 aliphatic rings. The van der Waals surface area contributed by atoms with Gasteiger partial charge in [0, 0.05) is 5.69 Å². The zero-order chi connectivity index (χ0) is 7.40. The van der Waals surface area contributed by atoms with Crippen molar-refractivity contribution in [3.63, 3.8) is 0 Å². The van der Waals surface area contributed by atoms with Crippen molar-refractivity contribution in [2.75, 3.05) is 5.32 Å².